The number of fused-ring (bicyclic) bond motifs is 10. The number of rotatable bonds is 4. The normalized spacial score (nSPS) is 12.2. The molecule has 0 aliphatic rings. The van der Waals surface area contributed by atoms with Gasteiger partial charge in [0.15, 0.2) is 7.14 Å². The van der Waals surface area contributed by atoms with Gasteiger partial charge in [-0.2, -0.15) is 0 Å². The van der Waals surface area contributed by atoms with E-state index in [0.29, 0.717) is 0 Å². The van der Waals surface area contributed by atoms with Crippen LogP contribution >= 0.6 is 7.14 Å². The van der Waals surface area contributed by atoms with E-state index >= 15 is 4.57 Å². The highest BCUT2D eigenvalue weighted by Crippen LogP contribution is 2.44. The Kier molecular flexibility index (Phi) is 6.15. The number of imidazole rings is 1. The second-order valence-corrected chi connectivity index (χ2v) is 15.5. The average molecular weight is 645 g/mol. The Morgan fingerprint density at radius 2 is 0.959 bits per heavy atom. The van der Waals surface area contributed by atoms with E-state index in [-0.39, 0.29) is 0 Å². The van der Waals surface area contributed by atoms with Crippen molar-refractivity contribution in [3.05, 3.63) is 176 Å². The average Bonchev–Trinajstić information content (AvgIpc) is 3.57. The highest BCUT2D eigenvalue weighted by Gasteiger charge is 2.30. The van der Waals surface area contributed by atoms with Crippen LogP contribution in [0.5, 0.6) is 0 Å². The van der Waals surface area contributed by atoms with Crippen LogP contribution in [0.4, 0.5) is 0 Å². The molecule has 3 nitrogen and oxygen atoms in total. The van der Waals surface area contributed by atoms with Crippen LogP contribution in [0.2, 0.25) is 0 Å². The van der Waals surface area contributed by atoms with E-state index in [4.69, 9.17) is 4.98 Å². The third-order valence-electron chi connectivity index (χ3n) is 10.0. The molecule has 49 heavy (non-hydrogen) atoms. The second-order valence-electron chi connectivity index (χ2n) is 12.8. The molecule has 10 rings (SSSR count). The van der Waals surface area contributed by atoms with Gasteiger partial charge in [-0.3, -0.25) is 4.40 Å². The summed E-state index contributed by atoms with van der Waals surface area (Å²) in [5.41, 5.74) is 6.34. The van der Waals surface area contributed by atoms with Gasteiger partial charge in [-0.05, 0) is 74.5 Å². The fraction of sp³-hybridized carbons (Fsp3) is 0. The van der Waals surface area contributed by atoms with Crippen LogP contribution in [0, 0.1) is 0 Å². The lowest BCUT2D eigenvalue weighted by molar-refractivity contribution is 0.592. The Labute approximate surface area is 283 Å². The number of pyridine rings is 1. The molecular formula is C45H29N2OP. The van der Waals surface area contributed by atoms with Crippen LogP contribution in [-0.4, -0.2) is 9.38 Å². The summed E-state index contributed by atoms with van der Waals surface area (Å²) in [6, 6.07) is 60.9. The summed E-state index contributed by atoms with van der Waals surface area (Å²) in [5, 5.41) is 10.4. The number of nitrogens with zero attached hydrogens (tertiary/aromatic N) is 2. The Bertz CT molecular complexity index is 2890. The molecule has 0 aliphatic heterocycles. The van der Waals surface area contributed by atoms with Gasteiger partial charge in [0.25, 0.3) is 0 Å². The van der Waals surface area contributed by atoms with E-state index < -0.39 is 7.14 Å². The van der Waals surface area contributed by atoms with Crippen molar-refractivity contribution in [2.45, 2.75) is 0 Å². The van der Waals surface area contributed by atoms with E-state index in [1.165, 1.54) is 10.8 Å². The third-order valence-corrected chi connectivity index (χ3v) is 13.1. The maximum absolute atomic E-state index is 15.7. The van der Waals surface area contributed by atoms with Gasteiger partial charge in [0, 0.05) is 26.7 Å². The van der Waals surface area contributed by atoms with E-state index in [0.717, 1.165) is 76.2 Å². The minimum atomic E-state index is -3.23. The number of aromatic nitrogens is 2. The molecule has 0 saturated heterocycles. The Morgan fingerprint density at radius 3 is 1.65 bits per heavy atom. The van der Waals surface area contributed by atoms with Gasteiger partial charge in [-0.25, -0.2) is 4.98 Å². The molecule has 0 amide bonds. The fourth-order valence-corrected chi connectivity index (χ4v) is 10.2. The van der Waals surface area contributed by atoms with Crippen LogP contribution in [0.15, 0.2) is 176 Å². The quantitative estimate of drug-likeness (QED) is 0.141. The van der Waals surface area contributed by atoms with Crippen LogP contribution in [-0.2, 0) is 4.57 Å². The molecular weight excluding hydrogens is 615 g/mol. The maximum Gasteiger partial charge on any atom is 0.171 e. The molecule has 0 unspecified atom stereocenters. The van der Waals surface area contributed by atoms with Crippen LogP contribution < -0.4 is 15.9 Å². The topological polar surface area (TPSA) is 34.4 Å². The van der Waals surface area contributed by atoms with Crippen LogP contribution in [0.25, 0.3) is 71.0 Å². The molecule has 8 aromatic carbocycles. The zero-order valence-electron chi connectivity index (χ0n) is 26.5. The minimum Gasteiger partial charge on any atom is -0.309 e. The molecule has 4 heteroatoms. The van der Waals surface area contributed by atoms with Crippen molar-refractivity contribution in [3.8, 4) is 11.1 Å². The standard InChI is InChI=1S/C45H29N2OP/c48-49(37-24-19-30-9-1-3-11-33(30)27-37,38-25-20-31-10-2-4-12-34(31)28-38)36-22-17-32(18-23-36)35-21-26-39-40-13-5-7-15-43(40)47-44-16-8-6-14-42(44)46-45(47)41(39)29-35/h1-29H. The molecule has 2 heterocycles. The fourth-order valence-electron chi connectivity index (χ4n) is 7.55. The Balaban J connectivity index is 1.15. The molecule has 0 saturated carbocycles. The number of para-hydroxylation sites is 3. The second kappa shape index (κ2) is 10.8. The zero-order chi connectivity index (χ0) is 32.5. The lowest BCUT2D eigenvalue weighted by Gasteiger charge is -2.21. The smallest absolute Gasteiger partial charge is 0.171 e. The summed E-state index contributed by atoms with van der Waals surface area (Å²) in [5.74, 6) is 0. The number of hydrogen-bond acceptors (Lipinski definition) is 2. The molecule has 0 spiro atoms. The first-order valence-corrected chi connectivity index (χ1v) is 18.3. The SMILES string of the molecule is O=P(c1ccc(-c2ccc3c4ccccc4n4c5ccccc5nc4c3c2)cc1)(c1ccc2ccccc2c1)c1ccc2ccccc2c1. The Hall–Kier alpha value is -6.02. The summed E-state index contributed by atoms with van der Waals surface area (Å²) in [4.78, 5) is 5.11. The molecule has 0 radical (unpaired) electrons. The largest absolute Gasteiger partial charge is 0.309 e. The lowest BCUT2D eigenvalue weighted by Crippen LogP contribution is -2.25. The van der Waals surface area contributed by atoms with Gasteiger partial charge in [0.05, 0.1) is 16.6 Å². The summed E-state index contributed by atoms with van der Waals surface area (Å²) >= 11 is 0. The summed E-state index contributed by atoms with van der Waals surface area (Å²) < 4.78 is 18.0. The first-order chi connectivity index (χ1) is 24.1. The van der Waals surface area contributed by atoms with Crippen molar-refractivity contribution >= 4 is 83.0 Å². The van der Waals surface area contributed by atoms with Gasteiger partial charge < -0.3 is 4.57 Å². The predicted octanol–water partition coefficient (Wildman–Crippen LogP) is 10.4. The van der Waals surface area contributed by atoms with Crippen molar-refractivity contribution < 1.29 is 4.57 Å². The molecule has 0 bridgehead atoms. The van der Waals surface area contributed by atoms with E-state index in [2.05, 4.69) is 138 Å². The van der Waals surface area contributed by atoms with Gasteiger partial charge in [0.2, 0.25) is 0 Å². The van der Waals surface area contributed by atoms with E-state index in [1.54, 1.807) is 0 Å². The molecule has 0 atom stereocenters. The van der Waals surface area contributed by atoms with Crippen molar-refractivity contribution in [2.75, 3.05) is 0 Å². The van der Waals surface area contributed by atoms with Gasteiger partial charge >= 0.3 is 0 Å². The third kappa shape index (κ3) is 4.30. The van der Waals surface area contributed by atoms with Crippen molar-refractivity contribution in [1.29, 1.82) is 0 Å². The summed E-state index contributed by atoms with van der Waals surface area (Å²) in [7, 11) is -3.23. The molecule has 230 valence electrons. The highest BCUT2D eigenvalue weighted by molar-refractivity contribution is 7.85. The Morgan fingerprint density at radius 1 is 0.408 bits per heavy atom. The van der Waals surface area contributed by atoms with Gasteiger partial charge in [0.1, 0.15) is 5.65 Å². The molecule has 0 fully saturated rings. The monoisotopic (exact) mass is 644 g/mol. The minimum absolute atomic E-state index is 0.815. The molecule has 0 aliphatic carbocycles. The number of hydrogen-bond donors (Lipinski definition) is 0. The van der Waals surface area contributed by atoms with Crippen molar-refractivity contribution in [1.82, 2.24) is 9.38 Å². The molecule has 2 aromatic heterocycles. The van der Waals surface area contributed by atoms with Crippen molar-refractivity contribution in [3.63, 3.8) is 0 Å². The maximum atomic E-state index is 15.7. The first-order valence-electron chi connectivity index (χ1n) is 16.6. The summed E-state index contributed by atoms with van der Waals surface area (Å²) in [6.45, 7) is 0. The van der Waals surface area contributed by atoms with Crippen molar-refractivity contribution in [2.24, 2.45) is 0 Å². The van der Waals surface area contributed by atoms with E-state index in [9.17, 15) is 0 Å². The van der Waals surface area contributed by atoms with Crippen LogP contribution in [0.1, 0.15) is 0 Å². The first kappa shape index (κ1) is 28.0. The highest BCUT2D eigenvalue weighted by atomic mass is 31.2. The van der Waals surface area contributed by atoms with Gasteiger partial charge in [-0.1, -0.05) is 140 Å². The lowest BCUT2D eigenvalue weighted by atomic mass is 9.99. The molecule has 10 aromatic rings. The van der Waals surface area contributed by atoms with Gasteiger partial charge in [-0.15, -0.1) is 0 Å². The summed E-state index contributed by atoms with van der Waals surface area (Å²) in [6.07, 6.45) is 0. The number of benzene rings is 8. The zero-order valence-corrected chi connectivity index (χ0v) is 27.4. The van der Waals surface area contributed by atoms with Crippen LogP contribution in [0.3, 0.4) is 0 Å². The molecule has 0 N–H and O–H groups in total. The predicted molar refractivity (Wildman–Crippen MR) is 208 cm³/mol. The van der Waals surface area contributed by atoms with E-state index in [1.807, 2.05) is 42.5 Å².